The lowest BCUT2D eigenvalue weighted by Crippen LogP contribution is -2.43. The van der Waals surface area contributed by atoms with Gasteiger partial charge >= 0.3 is 12.1 Å². The Labute approximate surface area is 73.2 Å². The molecule has 0 amide bonds. The Kier molecular flexibility index (Phi) is 4.47. The molecule has 0 heterocycles. The molecule has 0 aliphatic heterocycles. The molecule has 1 unspecified atom stereocenters. The molecule has 13 heavy (non-hydrogen) atoms. The number of aliphatic carboxylic acids is 1. The Morgan fingerprint density at radius 1 is 1.62 bits per heavy atom. The first kappa shape index (κ1) is 12.0. The van der Waals surface area contributed by atoms with Crippen molar-refractivity contribution in [3.05, 3.63) is 12.7 Å². The predicted octanol–water partition coefficient (Wildman–Crippen LogP) is 1.17. The van der Waals surface area contributed by atoms with E-state index < -0.39 is 24.6 Å². The van der Waals surface area contributed by atoms with Gasteiger partial charge in [0, 0.05) is 6.54 Å². The second-order valence-corrected chi connectivity index (χ2v) is 2.39. The maximum atomic E-state index is 12.0. The average molecular weight is 197 g/mol. The highest BCUT2D eigenvalue weighted by molar-refractivity contribution is 5.67. The number of carbonyl (C=O) groups is 1. The van der Waals surface area contributed by atoms with E-state index in [0.717, 1.165) is 0 Å². The van der Waals surface area contributed by atoms with Crippen LogP contribution < -0.4 is 5.32 Å². The Morgan fingerprint density at radius 2 is 2.15 bits per heavy atom. The molecule has 0 aromatic carbocycles. The zero-order valence-corrected chi connectivity index (χ0v) is 6.77. The SMILES string of the molecule is C=CCNC(CC(=O)O)C(F)(F)F. The maximum absolute atomic E-state index is 12.0. The highest BCUT2D eigenvalue weighted by Crippen LogP contribution is 2.22. The number of carboxylic acid groups (broad SMARTS) is 1. The fourth-order valence-corrected chi connectivity index (χ4v) is 0.704. The highest BCUT2D eigenvalue weighted by Gasteiger charge is 2.40. The van der Waals surface area contributed by atoms with E-state index in [2.05, 4.69) is 6.58 Å². The van der Waals surface area contributed by atoms with Crippen molar-refractivity contribution in [1.82, 2.24) is 5.32 Å². The van der Waals surface area contributed by atoms with Crippen LogP contribution in [0.1, 0.15) is 6.42 Å². The molecule has 0 bridgehead atoms. The zero-order valence-electron chi connectivity index (χ0n) is 6.77. The zero-order chi connectivity index (χ0) is 10.5. The van der Waals surface area contributed by atoms with Crippen LogP contribution in [0.3, 0.4) is 0 Å². The van der Waals surface area contributed by atoms with Crippen LogP contribution in [0, 0.1) is 0 Å². The molecule has 6 heteroatoms. The minimum absolute atomic E-state index is 0.0720. The first-order valence-electron chi connectivity index (χ1n) is 3.50. The molecular formula is C7H10F3NO2. The molecule has 0 aliphatic rings. The standard InChI is InChI=1S/C7H10F3NO2/c1-2-3-11-5(4-6(12)13)7(8,9)10/h2,5,11H,1,3-4H2,(H,12,13). The number of hydrogen-bond acceptors (Lipinski definition) is 2. The molecule has 0 saturated carbocycles. The van der Waals surface area contributed by atoms with Crippen LogP contribution in [-0.2, 0) is 4.79 Å². The van der Waals surface area contributed by atoms with Crippen molar-refractivity contribution in [1.29, 1.82) is 0 Å². The third kappa shape index (κ3) is 5.24. The van der Waals surface area contributed by atoms with Gasteiger partial charge in [0.15, 0.2) is 0 Å². The fourth-order valence-electron chi connectivity index (χ4n) is 0.704. The maximum Gasteiger partial charge on any atom is 0.404 e. The average Bonchev–Trinajstić information content (AvgIpc) is 1.95. The van der Waals surface area contributed by atoms with Gasteiger partial charge in [0.05, 0.1) is 6.42 Å². The van der Waals surface area contributed by atoms with E-state index in [0.29, 0.717) is 0 Å². The van der Waals surface area contributed by atoms with Gasteiger partial charge in [-0.15, -0.1) is 6.58 Å². The number of nitrogens with one attached hydrogen (secondary N) is 1. The summed E-state index contributed by atoms with van der Waals surface area (Å²) in [4.78, 5) is 10.1. The van der Waals surface area contributed by atoms with E-state index in [9.17, 15) is 18.0 Å². The van der Waals surface area contributed by atoms with Crippen LogP contribution in [0.15, 0.2) is 12.7 Å². The van der Waals surface area contributed by atoms with Gasteiger partial charge in [-0.1, -0.05) is 6.08 Å². The van der Waals surface area contributed by atoms with Crippen LogP contribution in [-0.4, -0.2) is 29.8 Å². The van der Waals surface area contributed by atoms with Crippen LogP contribution in [0.5, 0.6) is 0 Å². The first-order valence-corrected chi connectivity index (χ1v) is 3.50. The van der Waals surface area contributed by atoms with Gasteiger partial charge < -0.3 is 10.4 Å². The van der Waals surface area contributed by atoms with Crippen LogP contribution in [0.4, 0.5) is 13.2 Å². The molecule has 0 aliphatic carbocycles. The summed E-state index contributed by atoms with van der Waals surface area (Å²) < 4.78 is 36.1. The Morgan fingerprint density at radius 3 is 2.46 bits per heavy atom. The first-order chi connectivity index (χ1) is 5.88. The van der Waals surface area contributed by atoms with Crippen LogP contribution in [0.25, 0.3) is 0 Å². The summed E-state index contributed by atoms with van der Waals surface area (Å²) >= 11 is 0. The number of carboxylic acids is 1. The quantitative estimate of drug-likeness (QED) is 0.650. The molecule has 3 nitrogen and oxygen atoms in total. The summed E-state index contributed by atoms with van der Waals surface area (Å²) in [6.07, 6.45) is -4.28. The summed E-state index contributed by atoms with van der Waals surface area (Å²) in [6.45, 7) is 3.14. The molecule has 0 fully saturated rings. The van der Waals surface area contributed by atoms with Gasteiger partial charge in [-0.2, -0.15) is 13.2 Å². The second-order valence-electron chi connectivity index (χ2n) is 2.39. The number of hydrogen-bond donors (Lipinski definition) is 2. The molecule has 0 aromatic rings. The van der Waals surface area contributed by atoms with Crippen molar-refractivity contribution in [2.75, 3.05) is 6.54 Å². The Bertz CT molecular complexity index is 191. The van der Waals surface area contributed by atoms with Gasteiger partial charge in [0.25, 0.3) is 0 Å². The number of rotatable bonds is 5. The van der Waals surface area contributed by atoms with Crippen LogP contribution >= 0.6 is 0 Å². The highest BCUT2D eigenvalue weighted by atomic mass is 19.4. The van der Waals surface area contributed by atoms with Gasteiger partial charge in [-0.25, -0.2) is 0 Å². The molecule has 0 saturated heterocycles. The lowest BCUT2D eigenvalue weighted by atomic mass is 10.2. The summed E-state index contributed by atoms with van der Waals surface area (Å²) in [5.74, 6) is -1.49. The Hall–Kier alpha value is -1.04. The van der Waals surface area contributed by atoms with Crippen molar-refractivity contribution in [2.24, 2.45) is 0 Å². The van der Waals surface area contributed by atoms with E-state index in [1.165, 1.54) is 6.08 Å². The minimum atomic E-state index is -4.54. The van der Waals surface area contributed by atoms with E-state index in [4.69, 9.17) is 5.11 Å². The molecule has 0 spiro atoms. The third-order valence-electron chi connectivity index (χ3n) is 1.28. The van der Waals surface area contributed by atoms with Crippen LogP contribution in [0.2, 0.25) is 0 Å². The topological polar surface area (TPSA) is 49.3 Å². The van der Waals surface area contributed by atoms with Gasteiger partial charge in [-0.05, 0) is 0 Å². The number of halogens is 3. The van der Waals surface area contributed by atoms with E-state index in [-0.39, 0.29) is 6.54 Å². The molecule has 0 aromatic heterocycles. The summed E-state index contributed by atoms with van der Waals surface area (Å²) in [5.41, 5.74) is 0. The third-order valence-corrected chi connectivity index (χ3v) is 1.28. The van der Waals surface area contributed by atoms with E-state index >= 15 is 0 Å². The van der Waals surface area contributed by atoms with Crippen molar-refractivity contribution >= 4 is 5.97 Å². The van der Waals surface area contributed by atoms with Gasteiger partial charge in [0.1, 0.15) is 6.04 Å². The monoisotopic (exact) mass is 197 g/mol. The molecular weight excluding hydrogens is 187 g/mol. The molecule has 1 atom stereocenters. The molecule has 0 rings (SSSR count). The summed E-state index contributed by atoms with van der Waals surface area (Å²) in [7, 11) is 0. The van der Waals surface area contributed by atoms with Crippen molar-refractivity contribution < 1.29 is 23.1 Å². The summed E-state index contributed by atoms with van der Waals surface area (Å²) in [6, 6.07) is -2.01. The van der Waals surface area contributed by atoms with Gasteiger partial charge in [-0.3, -0.25) is 4.79 Å². The molecule has 0 radical (unpaired) electrons. The van der Waals surface area contributed by atoms with Crippen molar-refractivity contribution in [3.8, 4) is 0 Å². The Balaban J connectivity index is 4.19. The second kappa shape index (κ2) is 4.86. The number of alkyl halides is 3. The predicted molar refractivity (Wildman–Crippen MR) is 40.3 cm³/mol. The van der Waals surface area contributed by atoms with Crippen molar-refractivity contribution in [3.63, 3.8) is 0 Å². The lowest BCUT2D eigenvalue weighted by Gasteiger charge is -2.18. The van der Waals surface area contributed by atoms with Gasteiger partial charge in [0.2, 0.25) is 0 Å². The van der Waals surface area contributed by atoms with E-state index in [1.807, 2.05) is 5.32 Å². The minimum Gasteiger partial charge on any atom is -0.481 e. The summed E-state index contributed by atoms with van der Waals surface area (Å²) in [5, 5.41) is 10.2. The van der Waals surface area contributed by atoms with E-state index in [1.54, 1.807) is 0 Å². The molecule has 2 N–H and O–H groups in total. The fraction of sp³-hybridized carbons (Fsp3) is 0.571. The lowest BCUT2D eigenvalue weighted by molar-refractivity contribution is -0.166. The molecule has 76 valence electrons. The largest absolute Gasteiger partial charge is 0.481 e. The normalized spacial score (nSPS) is 13.8. The van der Waals surface area contributed by atoms with Crippen molar-refractivity contribution in [2.45, 2.75) is 18.6 Å². The smallest absolute Gasteiger partial charge is 0.404 e.